The highest BCUT2D eigenvalue weighted by Gasteiger charge is 2.28. The third-order valence-electron chi connectivity index (χ3n) is 3.91. The van der Waals surface area contributed by atoms with E-state index in [-0.39, 0.29) is 12.6 Å². The fourth-order valence-electron chi connectivity index (χ4n) is 2.98. The minimum atomic E-state index is -0.118. The van der Waals surface area contributed by atoms with Gasteiger partial charge in [-0.05, 0) is 24.3 Å². The first kappa shape index (κ1) is 12.2. The zero-order valence-corrected chi connectivity index (χ0v) is 11.4. The fourth-order valence-corrected chi connectivity index (χ4v) is 2.98. The summed E-state index contributed by atoms with van der Waals surface area (Å²) in [6.45, 7) is 0.426. The molecule has 1 unspecified atom stereocenters. The number of imidazole rings is 1. The summed E-state index contributed by atoms with van der Waals surface area (Å²) in [5.74, 6) is 1.52. The van der Waals surface area contributed by atoms with Crippen LogP contribution in [-0.2, 0) is 6.61 Å². The molecule has 0 spiro atoms. The van der Waals surface area contributed by atoms with Gasteiger partial charge in [-0.2, -0.15) is 0 Å². The molecule has 0 amide bonds. The van der Waals surface area contributed by atoms with E-state index in [1.807, 2.05) is 41.0 Å². The van der Waals surface area contributed by atoms with Crippen LogP contribution in [0.5, 0.6) is 5.75 Å². The topological polar surface area (TPSA) is 73.3 Å². The fraction of sp³-hybridized carbons (Fsp3) is 0.188. The van der Waals surface area contributed by atoms with Crippen LogP contribution in [0.2, 0.25) is 0 Å². The molecule has 0 radical (unpaired) electrons. The first-order valence-electron chi connectivity index (χ1n) is 6.87. The molecular formula is C16H15N3O2. The summed E-state index contributed by atoms with van der Waals surface area (Å²) in [7, 11) is 0. The molecule has 0 aliphatic carbocycles. The summed E-state index contributed by atoms with van der Waals surface area (Å²) in [6, 6.07) is 13.6. The molecule has 106 valence electrons. The number of hydrogen-bond donors (Lipinski definition) is 2. The maximum absolute atomic E-state index is 9.64. The number of ether oxygens (including phenoxy) is 1. The summed E-state index contributed by atoms with van der Waals surface area (Å²) in [4.78, 5) is 4.49. The molecule has 1 aromatic heterocycles. The second-order valence-corrected chi connectivity index (χ2v) is 5.17. The van der Waals surface area contributed by atoms with Crippen molar-refractivity contribution in [2.45, 2.75) is 12.6 Å². The Morgan fingerprint density at radius 2 is 2.14 bits per heavy atom. The first-order chi connectivity index (χ1) is 10.3. The Balaban J connectivity index is 1.94. The van der Waals surface area contributed by atoms with Crippen LogP contribution >= 0.6 is 0 Å². The lowest BCUT2D eigenvalue weighted by Gasteiger charge is -2.15. The maximum Gasteiger partial charge on any atom is 0.136 e. The zero-order valence-electron chi connectivity index (χ0n) is 11.4. The number of hydrogen-bond acceptors (Lipinski definition) is 4. The molecule has 5 nitrogen and oxygen atoms in total. The van der Waals surface area contributed by atoms with Gasteiger partial charge >= 0.3 is 0 Å². The van der Waals surface area contributed by atoms with Crippen molar-refractivity contribution in [3.05, 3.63) is 53.9 Å². The van der Waals surface area contributed by atoms with Crippen molar-refractivity contribution in [3.63, 3.8) is 0 Å². The number of rotatable bonds is 2. The number of aliphatic hydroxyl groups is 1. The van der Waals surface area contributed by atoms with E-state index in [0.717, 1.165) is 22.3 Å². The standard InChI is InChI=1S/C16H15N3O2/c17-10-5-6-13-12(7-10)18-16(8-20)19(13)14-9-21-15-4-2-1-3-11(14)15/h1-7,14,20H,8-9,17H2. The quantitative estimate of drug-likeness (QED) is 0.705. The van der Waals surface area contributed by atoms with Crippen LogP contribution in [0.15, 0.2) is 42.5 Å². The number of nitrogens with two attached hydrogens (primary N) is 1. The Morgan fingerprint density at radius 3 is 3.00 bits per heavy atom. The Labute approximate surface area is 121 Å². The van der Waals surface area contributed by atoms with Crippen molar-refractivity contribution in [2.75, 3.05) is 12.3 Å². The summed E-state index contributed by atoms with van der Waals surface area (Å²) in [6.07, 6.45) is 0. The second kappa shape index (κ2) is 4.49. The lowest BCUT2D eigenvalue weighted by Crippen LogP contribution is -2.15. The predicted molar refractivity (Wildman–Crippen MR) is 80.1 cm³/mol. The van der Waals surface area contributed by atoms with Crippen LogP contribution in [0.3, 0.4) is 0 Å². The number of fused-ring (bicyclic) bond motifs is 2. The summed E-state index contributed by atoms with van der Waals surface area (Å²) in [5.41, 5.74) is 9.35. The van der Waals surface area contributed by atoms with Gasteiger partial charge in [0.2, 0.25) is 0 Å². The van der Waals surface area contributed by atoms with E-state index in [2.05, 4.69) is 11.1 Å². The first-order valence-corrected chi connectivity index (χ1v) is 6.87. The monoisotopic (exact) mass is 281 g/mol. The SMILES string of the molecule is Nc1ccc2c(c1)nc(CO)n2C1COc2ccccc21. The van der Waals surface area contributed by atoms with E-state index in [9.17, 15) is 5.11 Å². The van der Waals surface area contributed by atoms with Crippen LogP contribution in [0.1, 0.15) is 17.4 Å². The minimum Gasteiger partial charge on any atom is -0.491 e. The van der Waals surface area contributed by atoms with Crippen LogP contribution < -0.4 is 10.5 Å². The van der Waals surface area contributed by atoms with E-state index < -0.39 is 0 Å². The molecule has 1 aliphatic heterocycles. The summed E-state index contributed by atoms with van der Waals surface area (Å²) in [5, 5.41) is 9.64. The largest absolute Gasteiger partial charge is 0.491 e. The molecule has 3 N–H and O–H groups in total. The van der Waals surface area contributed by atoms with E-state index in [1.54, 1.807) is 0 Å². The lowest BCUT2D eigenvalue weighted by molar-refractivity contribution is 0.257. The molecule has 2 heterocycles. The molecule has 3 aromatic rings. The number of benzene rings is 2. The van der Waals surface area contributed by atoms with Crippen LogP contribution in [0, 0.1) is 0 Å². The normalized spacial score (nSPS) is 16.9. The highest BCUT2D eigenvalue weighted by Crippen LogP contribution is 2.37. The third kappa shape index (κ3) is 1.78. The van der Waals surface area contributed by atoms with Crippen LogP contribution in [0.4, 0.5) is 5.69 Å². The van der Waals surface area contributed by atoms with Crippen molar-refractivity contribution in [3.8, 4) is 5.75 Å². The smallest absolute Gasteiger partial charge is 0.136 e. The van der Waals surface area contributed by atoms with Gasteiger partial charge in [0, 0.05) is 11.3 Å². The van der Waals surface area contributed by atoms with Gasteiger partial charge in [-0.15, -0.1) is 0 Å². The average molecular weight is 281 g/mol. The predicted octanol–water partition coefficient (Wildman–Crippen LogP) is 2.09. The summed E-state index contributed by atoms with van der Waals surface area (Å²) < 4.78 is 7.79. The average Bonchev–Trinajstić information content (AvgIpc) is 3.07. The zero-order chi connectivity index (χ0) is 14.4. The van der Waals surface area contributed by atoms with Gasteiger partial charge in [0.05, 0.1) is 17.1 Å². The Hall–Kier alpha value is -2.53. The lowest BCUT2D eigenvalue weighted by atomic mass is 10.1. The van der Waals surface area contributed by atoms with E-state index >= 15 is 0 Å². The number of aromatic nitrogens is 2. The molecule has 0 saturated heterocycles. The molecular weight excluding hydrogens is 266 g/mol. The van der Waals surface area contributed by atoms with Gasteiger partial charge in [-0.3, -0.25) is 0 Å². The van der Waals surface area contributed by atoms with Crippen molar-refractivity contribution in [2.24, 2.45) is 0 Å². The van der Waals surface area contributed by atoms with Gasteiger partial charge in [-0.1, -0.05) is 18.2 Å². The van der Waals surface area contributed by atoms with Crippen LogP contribution in [-0.4, -0.2) is 21.3 Å². The maximum atomic E-state index is 9.64. The van der Waals surface area contributed by atoms with Crippen molar-refractivity contribution < 1.29 is 9.84 Å². The molecule has 1 aliphatic rings. The van der Waals surface area contributed by atoms with E-state index in [4.69, 9.17) is 10.5 Å². The van der Waals surface area contributed by atoms with Gasteiger partial charge < -0.3 is 20.1 Å². The number of aliphatic hydroxyl groups excluding tert-OH is 1. The van der Waals surface area contributed by atoms with Crippen molar-refractivity contribution in [1.82, 2.24) is 9.55 Å². The van der Waals surface area contributed by atoms with Crippen molar-refractivity contribution in [1.29, 1.82) is 0 Å². The van der Waals surface area contributed by atoms with E-state index in [0.29, 0.717) is 18.1 Å². The number of para-hydroxylation sites is 1. The van der Waals surface area contributed by atoms with Gasteiger partial charge in [0.25, 0.3) is 0 Å². The van der Waals surface area contributed by atoms with Crippen molar-refractivity contribution >= 4 is 16.7 Å². The second-order valence-electron chi connectivity index (χ2n) is 5.17. The Morgan fingerprint density at radius 1 is 1.29 bits per heavy atom. The Kier molecular flexibility index (Phi) is 2.62. The van der Waals surface area contributed by atoms with E-state index in [1.165, 1.54) is 0 Å². The highest BCUT2D eigenvalue weighted by molar-refractivity contribution is 5.80. The van der Waals surface area contributed by atoms with Gasteiger partial charge in [-0.25, -0.2) is 4.98 Å². The number of nitrogens with zero attached hydrogens (tertiary/aromatic N) is 2. The molecule has 21 heavy (non-hydrogen) atoms. The molecule has 0 fully saturated rings. The van der Waals surface area contributed by atoms with Gasteiger partial charge in [0.1, 0.15) is 24.8 Å². The molecule has 5 heteroatoms. The number of anilines is 1. The third-order valence-corrected chi connectivity index (χ3v) is 3.91. The molecule has 0 saturated carbocycles. The Bertz CT molecular complexity index is 826. The minimum absolute atomic E-state index is 0.0250. The molecule has 2 aromatic carbocycles. The number of nitrogen functional groups attached to an aromatic ring is 1. The summed E-state index contributed by atoms with van der Waals surface area (Å²) >= 11 is 0. The van der Waals surface area contributed by atoms with Gasteiger partial charge in [0.15, 0.2) is 0 Å². The molecule has 1 atom stereocenters. The molecule has 0 bridgehead atoms. The highest BCUT2D eigenvalue weighted by atomic mass is 16.5. The molecule has 4 rings (SSSR count). The van der Waals surface area contributed by atoms with Crippen LogP contribution in [0.25, 0.3) is 11.0 Å².